The van der Waals surface area contributed by atoms with Crippen LogP contribution in [0.3, 0.4) is 0 Å². The van der Waals surface area contributed by atoms with Gasteiger partial charge in [0, 0.05) is 62.1 Å². The number of aromatic hydroxyl groups is 1. The van der Waals surface area contributed by atoms with Crippen LogP contribution in [-0.4, -0.2) is 88.8 Å². The summed E-state index contributed by atoms with van der Waals surface area (Å²) >= 11 is 0. The van der Waals surface area contributed by atoms with Crippen LogP contribution in [0.25, 0.3) is 10.8 Å². The highest BCUT2D eigenvalue weighted by Gasteiger charge is 2.39. The van der Waals surface area contributed by atoms with E-state index in [1.165, 1.54) is 6.08 Å². The number of likely N-dealkylation sites (N-methyl/N-ethyl adjacent to an activating group) is 1. The Hall–Kier alpha value is -4.64. The van der Waals surface area contributed by atoms with Crippen LogP contribution in [0, 0.1) is 22.7 Å². The number of carbonyl (C=O) groups is 1. The SMILES string of the molecule is C=CC(=O)N1CCN(C2CC[C@@H](COc3ncc4c(c3C#N)CN(c3cc(O)cc5ccccc35)CC4)N2C)CC1CC#N. The third-order valence-corrected chi connectivity index (χ3v) is 9.46. The molecule has 10 nitrogen and oxygen atoms in total. The van der Waals surface area contributed by atoms with E-state index < -0.39 is 0 Å². The first-order chi connectivity index (χ1) is 21.4. The fourth-order valence-corrected chi connectivity index (χ4v) is 7.10. The lowest BCUT2D eigenvalue weighted by Gasteiger charge is -2.44. The van der Waals surface area contributed by atoms with Gasteiger partial charge in [0.1, 0.15) is 24.0 Å². The molecule has 1 aromatic heterocycles. The Bertz CT molecular complexity index is 1660. The van der Waals surface area contributed by atoms with E-state index >= 15 is 0 Å². The number of anilines is 1. The smallest absolute Gasteiger partial charge is 0.246 e. The molecule has 44 heavy (non-hydrogen) atoms. The average Bonchev–Trinajstić information content (AvgIpc) is 3.42. The fraction of sp³-hybridized carbons (Fsp3) is 0.412. The van der Waals surface area contributed by atoms with E-state index in [9.17, 15) is 20.4 Å². The number of nitrogens with zero attached hydrogens (tertiary/aromatic N) is 7. The van der Waals surface area contributed by atoms with Crippen molar-refractivity contribution in [1.29, 1.82) is 10.5 Å². The Labute approximate surface area is 258 Å². The van der Waals surface area contributed by atoms with Crippen molar-refractivity contribution in [3.8, 4) is 23.8 Å². The number of benzene rings is 2. The normalized spacial score (nSPS) is 22.3. The number of fused-ring (bicyclic) bond motifs is 2. The highest BCUT2D eigenvalue weighted by molar-refractivity contribution is 5.95. The van der Waals surface area contributed by atoms with Gasteiger partial charge in [0.2, 0.25) is 11.8 Å². The molecule has 0 aliphatic carbocycles. The Balaban J connectivity index is 1.14. The molecule has 2 aromatic carbocycles. The predicted octanol–water partition coefficient (Wildman–Crippen LogP) is 3.79. The van der Waals surface area contributed by atoms with Gasteiger partial charge in [-0.05, 0) is 55.0 Å². The number of amides is 1. The molecular weight excluding hydrogens is 554 g/mol. The summed E-state index contributed by atoms with van der Waals surface area (Å²) in [4.78, 5) is 25.6. The highest BCUT2D eigenvalue weighted by atomic mass is 16.5. The van der Waals surface area contributed by atoms with Crippen LogP contribution < -0.4 is 9.64 Å². The number of phenols is 1. The molecule has 6 rings (SSSR count). The van der Waals surface area contributed by atoms with Crippen molar-refractivity contribution in [3.63, 3.8) is 0 Å². The molecule has 2 unspecified atom stereocenters. The molecule has 2 saturated heterocycles. The quantitative estimate of drug-likeness (QED) is 0.409. The van der Waals surface area contributed by atoms with E-state index in [2.05, 4.69) is 51.5 Å². The van der Waals surface area contributed by atoms with Crippen molar-refractivity contribution >= 4 is 22.4 Å². The monoisotopic (exact) mass is 591 g/mol. The number of hydrogen-bond donors (Lipinski definition) is 1. The first kappa shape index (κ1) is 29.4. The number of likely N-dealkylation sites (tertiary alicyclic amines) is 1. The number of phenolic OH excluding ortho intramolecular Hbond substituents is 1. The van der Waals surface area contributed by atoms with Crippen molar-refractivity contribution < 1.29 is 14.6 Å². The van der Waals surface area contributed by atoms with Crippen molar-refractivity contribution in [2.24, 2.45) is 0 Å². The maximum atomic E-state index is 12.3. The molecule has 2 fully saturated rings. The van der Waals surface area contributed by atoms with Gasteiger partial charge in [0.15, 0.2) is 0 Å². The van der Waals surface area contributed by atoms with Crippen LogP contribution >= 0.6 is 0 Å². The molecule has 0 bridgehead atoms. The Kier molecular flexibility index (Phi) is 8.38. The maximum absolute atomic E-state index is 12.3. The van der Waals surface area contributed by atoms with Gasteiger partial charge in [-0.3, -0.25) is 14.6 Å². The zero-order chi connectivity index (χ0) is 30.8. The summed E-state index contributed by atoms with van der Waals surface area (Å²) < 4.78 is 6.28. The van der Waals surface area contributed by atoms with E-state index in [4.69, 9.17) is 4.74 Å². The van der Waals surface area contributed by atoms with Crippen LogP contribution in [0.4, 0.5) is 5.69 Å². The molecule has 10 heteroatoms. The Morgan fingerprint density at radius 3 is 2.82 bits per heavy atom. The zero-order valence-corrected chi connectivity index (χ0v) is 25.0. The van der Waals surface area contributed by atoms with Crippen LogP contribution in [0.15, 0.2) is 55.3 Å². The van der Waals surface area contributed by atoms with Gasteiger partial charge in [-0.25, -0.2) is 4.98 Å². The molecule has 3 aliphatic rings. The first-order valence-electron chi connectivity index (χ1n) is 15.2. The van der Waals surface area contributed by atoms with Crippen molar-refractivity contribution in [1.82, 2.24) is 19.7 Å². The summed E-state index contributed by atoms with van der Waals surface area (Å²) in [5, 5.41) is 32.0. The second kappa shape index (κ2) is 12.5. The van der Waals surface area contributed by atoms with Gasteiger partial charge in [-0.2, -0.15) is 10.5 Å². The van der Waals surface area contributed by atoms with E-state index in [1.807, 2.05) is 24.4 Å². The highest BCUT2D eigenvalue weighted by Crippen LogP contribution is 2.36. The Morgan fingerprint density at radius 1 is 1.18 bits per heavy atom. The largest absolute Gasteiger partial charge is 0.508 e. The summed E-state index contributed by atoms with van der Waals surface area (Å²) in [6.45, 7) is 7.26. The minimum Gasteiger partial charge on any atom is -0.508 e. The maximum Gasteiger partial charge on any atom is 0.246 e. The summed E-state index contributed by atoms with van der Waals surface area (Å²) in [6.07, 6.45) is 6.26. The summed E-state index contributed by atoms with van der Waals surface area (Å²) in [5.41, 5.74) is 3.38. The van der Waals surface area contributed by atoms with Gasteiger partial charge in [-0.1, -0.05) is 30.8 Å². The second-order valence-corrected chi connectivity index (χ2v) is 11.8. The number of hydrogen-bond acceptors (Lipinski definition) is 9. The van der Waals surface area contributed by atoms with Gasteiger partial charge in [0.05, 0.1) is 24.7 Å². The molecule has 0 saturated carbocycles. The molecule has 1 N–H and O–H groups in total. The number of piperazine rings is 1. The third-order valence-electron chi connectivity index (χ3n) is 9.46. The van der Waals surface area contributed by atoms with Crippen LogP contribution in [-0.2, 0) is 17.8 Å². The minimum atomic E-state index is -0.154. The molecular formula is C34H37N7O3. The van der Waals surface area contributed by atoms with Gasteiger partial charge in [-0.15, -0.1) is 0 Å². The number of carbonyl (C=O) groups excluding carboxylic acids is 1. The lowest BCUT2D eigenvalue weighted by atomic mass is 9.96. The molecule has 4 heterocycles. The van der Waals surface area contributed by atoms with Gasteiger partial charge >= 0.3 is 0 Å². The van der Waals surface area contributed by atoms with E-state index in [0.717, 1.165) is 59.9 Å². The molecule has 3 aliphatic heterocycles. The molecule has 3 atom stereocenters. The molecule has 226 valence electrons. The van der Waals surface area contributed by atoms with Crippen molar-refractivity contribution in [2.45, 2.75) is 50.5 Å². The van der Waals surface area contributed by atoms with Crippen LogP contribution in [0.1, 0.15) is 36.0 Å². The summed E-state index contributed by atoms with van der Waals surface area (Å²) in [5.74, 6) is 0.451. The molecule has 3 aromatic rings. The molecule has 1 amide bonds. The number of rotatable bonds is 7. The topological polar surface area (TPSA) is 120 Å². The molecule has 0 radical (unpaired) electrons. The predicted molar refractivity (Wildman–Crippen MR) is 167 cm³/mol. The zero-order valence-electron chi connectivity index (χ0n) is 25.0. The van der Waals surface area contributed by atoms with Crippen molar-refractivity contribution in [2.75, 3.05) is 44.7 Å². The summed E-state index contributed by atoms with van der Waals surface area (Å²) in [7, 11) is 2.09. The average molecular weight is 592 g/mol. The van der Waals surface area contributed by atoms with Gasteiger partial charge in [0.25, 0.3) is 0 Å². The summed E-state index contributed by atoms with van der Waals surface area (Å²) in [6, 6.07) is 16.2. The van der Waals surface area contributed by atoms with Crippen LogP contribution in [0.2, 0.25) is 0 Å². The third kappa shape index (κ3) is 5.55. The lowest BCUT2D eigenvalue weighted by molar-refractivity contribution is -0.132. The fourth-order valence-electron chi connectivity index (χ4n) is 7.10. The van der Waals surface area contributed by atoms with E-state index in [-0.39, 0.29) is 29.9 Å². The second-order valence-electron chi connectivity index (χ2n) is 11.8. The van der Waals surface area contributed by atoms with E-state index in [0.29, 0.717) is 44.1 Å². The van der Waals surface area contributed by atoms with Gasteiger partial charge < -0.3 is 19.6 Å². The molecule has 0 spiro atoms. The number of nitriles is 2. The van der Waals surface area contributed by atoms with Crippen molar-refractivity contribution in [3.05, 3.63) is 71.9 Å². The number of pyridine rings is 1. The minimum absolute atomic E-state index is 0.125. The first-order valence-corrected chi connectivity index (χ1v) is 15.2. The Morgan fingerprint density at radius 2 is 2.02 bits per heavy atom. The standard InChI is InChI=1S/C34H37N7O3/c1-3-33(43)41-15-14-40(20-25(41)10-12-35)32-9-8-26(38(32)2)22-44-34-29(18-36)30-21-39(13-11-24(30)19-37-34)31-17-27(42)16-23-6-4-5-7-28(23)31/h3-7,16-17,19,25-26,32,42H,1,8-11,13-15,20-22H2,2H3/t25?,26-,32?/m0/s1. The van der Waals surface area contributed by atoms with Crippen LogP contribution in [0.5, 0.6) is 11.6 Å². The van der Waals surface area contributed by atoms with E-state index in [1.54, 1.807) is 17.0 Å². The lowest BCUT2D eigenvalue weighted by Crippen LogP contribution is -2.59. The number of aromatic nitrogens is 1. The number of ether oxygens (including phenoxy) is 1.